The van der Waals surface area contributed by atoms with Crippen molar-refractivity contribution in [2.45, 2.75) is 58.2 Å². The number of nitrogens with one attached hydrogen (secondary N) is 1. The van der Waals surface area contributed by atoms with Crippen molar-refractivity contribution in [3.8, 4) is 0 Å². The van der Waals surface area contributed by atoms with E-state index in [1.54, 1.807) is 0 Å². The molecular formula is C15H31NO3. The summed E-state index contributed by atoms with van der Waals surface area (Å²) in [5.41, 5.74) is 0. The summed E-state index contributed by atoms with van der Waals surface area (Å²) in [5.74, 6) is 0.911. The van der Waals surface area contributed by atoms with E-state index < -0.39 is 6.10 Å². The highest BCUT2D eigenvalue weighted by molar-refractivity contribution is 4.68. The summed E-state index contributed by atoms with van der Waals surface area (Å²) in [7, 11) is 0. The Labute approximate surface area is 117 Å². The summed E-state index contributed by atoms with van der Waals surface area (Å²) in [6, 6.07) is 0. The Balaban J connectivity index is 1.83. The van der Waals surface area contributed by atoms with Gasteiger partial charge in [0.2, 0.25) is 0 Å². The van der Waals surface area contributed by atoms with Crippen LogP contribution in [0.5, 0.6) is 0 Å². The van der Waals surface area contributed by atoms with Crippen LogP contribution in [-0.4, -0.2) is 50.2 Å². The van der Waals surface area contributed by atoms with Crippen LogP contribution < -0.4 is 5.32 Å². The Bertz CT molecular complexity index is 206. The number of hydrogen-bond donors (Lipinski definition) is 2. The second-order valence-corrected chi connectivity index (χ2v) is 5.79. The highest BCUT2D eigenvalue weighted by Crippen LogP contribution is 2.26. The first-order chi connectivity index (χ1) is 9.18. The lowest BCUT2D eigenvalue weighted by atomic mass is 10.0. The minimum Gasteiger partial charge on any atom is -0.389 e. The van der Waals surface area contributed by atoms with Crippen LogP contribution in [0.15, 0.2) is 0 Å². The van der Waals surface area contributed by atoms with E-state index in [2.05, 4.69) is 5.32 Å². The van der Waals surface area contributed by atoms with Gasteiger partial charge >= 0.3 is 0 Å². The molecule has 1 rings (SSSR count). The zero-order valence-electron chi connectivity index (χ0n) is 12.6. The molecule has 1 saturated carbocycles. The maximum Gasteiger partial charge on any atom is 0.0897 e. The van der Waals surface area contributed by atoms with Gasteiger partial charge < -0.3 is 19.9 Å². The molecule has 4 heteroatoms. The molecule has 0 radical (unpaired) electrons. The second-order valence-electron chi connectivity index (χ2n) is 5.79. The molecule has 0 aromatic carbocycles. The molecule has 4 nitrogen and oxygen atoms in total. The van der Waals surface area contributed by atoms with E-state index in [4.69, 9.17) is 9.47 Å². The average Bonchev–Trinajstić information content (AvgIpc) is 2.87. The topological polar surface area (TPSA) is 50.7 Å². The van der Waals surface area contributed by atoms with E-state index in [-0.39, 0.29) is 6.10 Å². The Morgan fingerprint density at radius 1 is 1.21 bits per heavy atom. The molecular weight excluding hydrogens is 242 g/mol. The van der Waals surface area contributed by atoms with Gasteiger partial charge in [-0.25, -0.2) is 0 Å². The fraction of sp³-hybridized carbons (Fsp3) is 1.00. The highest BCUT2D eigenvalue weighted by Gasteiger charge is 2.14. The van der Waals surface area contributed by atoms with E-state index in [0.29, 0.717) is 26.4 Å². The van der Waals surface area contributed by atoms with Crippen molar-refractivity contribution in [2.24, 2.45) is 5.92 Å². The van der Waals surface area contributed by atoms with Gasteiger partial charge in [-0.3, -0.25) is 0 Å². The van der Waals surface area contributed by atoms with E-state index in [0.717, 1.165) is 12.5 Å². The minimum absolute atomic E-state index is 0.241. The van der Waals surface area contributed by atoms with Crippen LogP contribution in [0, 0.1) is 5.92 Å². The largest absolute Gasteiger partial charge is 0.389 e. The number of rotatable bonds is 11. The van der Waals surface area contributed by atoms with Gasteiger partial charge in [0, 0.05) is 6.54 Å². The van der Waals surface area contributed by atoms with E-state index >= 15 is 0 Å². The molecule has 0 heterocycles. The fourth-order valence-corrected chi connectivity index (χ4v) is 2.49. The maximum absolute atomic E-state index is 9.72. The summed E-state index contributed by atoms with van der Waals surface area (Å²) < 4.78 is 10.7. The molecule has 114 valence electrons. The van der Waals surface area contributed by atoms with Crippen LogP contribution in [0.25, 0.3) is 0 Å². The smallest absolute Gasteiger partial charge is 0.0897 e. The number of hydrogen-bond acceptors (Lipinski definition) is 4. The number of ether oxygens (including phenoxy) is 2. The molecule has 0 aromatic heterocycles. The molecule has 1 aliphatic carbocycles. The van der Waals surface area contributed by atoms with Crippen LogP contribution in [0.3, 0.4) is 0 Å². The lowest BCUT2D eigenvalue weighted by Gasteiger charge is -2.14. The zero-order valence-corrected chi connectivity index (χ0v) is 12.6. The van der Waals surface area contributed by atoms with Gasteiger partial charge in [-0.1, -0.05) is 25.7 Å². The zero-order chi connectivity index (χ0) is 13.9. The van der Waals surface area contributed by atoms with Gasteiger partial charge in [-0.15, -0.1) is 0 Å². The molecule has 1 unspecified atom stereocenters. The van der Waals surface area contributed by atoms with Crippen molar-refractivity contribution in [1.29, 1.82) is 0 Å². The van der Waals surface area contributed by atoms with Gasteiger partial charge in [-0.2, -0.15) is 0 Å². The van der Waals surface area contributed by atoms with Crippen LogP contribution in [-0.2, 0) is 9.47 Å². The molecule has 19 heavy (non-hydrogen) atoms. The molecule has 1 fully saturated rings. The van der Waals surface area contributed by atoms with Crippen LogP contribution in [0.4, 0.5) is 0 Å². The van der Waals surface area contributed by atoms with Gasteiger partial charge in [0.25, 0.3) is 0 Å². The molecule has 1 atom stereocenters. The van der Waals surface area contributed by atoms with Crippen molar-refractivity contribution in [2.75, 3.05) is 32.9 Å². The van der Waals surface area contributed by atoms with Gasteiger partial charge in [-0.05, 0) is 32.7 Å². The molecule has 2 N–H and O–H groups in total. The standard InChI is InChI=1S/C15H31NO3/c1-13(2)19-10-9-18-12-15(17)11-16-8-7-14-5-3-4-6-14/h13-17H,3-12H2,1-2H3. The monoisotopic (exact) mass is 273 g/mol. The average molecular weight is 273 g/mol. The van der Waals surface area contributed by atoms with Crippen LogP contribution >= 0.6 is 0 Å². The predicted octanol–water partition coefficient (Wildman–Crippen LogP) is 1.96. The first kappa shape index (κ1) is 16.9. The quantitative estimate of drug-likeness (QED) is 0.565. The molecule has 0 bridgehead atoms. The van der Waals surface area contributed by atoms with Crippen LogP contribution in [0.1, 0.15) is 46.0 Å². The van der Waals surface area contributed by atoms with E-state index in [1.807, 2.05) is 13.8 Å². The lowest BCUT2D eigenvalue weighted by Crippen LogP contribution is -2.32. The first-order valence-corrected chi connectivity index (χ1v) is 7.76. The Hall–Kier alpha value is -0.160. The third kappa shape index (κ3) is 9.38. The Morgan fingerprint density at radius 2 is 1.95 bits per heavy atom. The third-order valence-corrected chi connectivity index (χ3v) is 3.57. The fourth-order valence-electron chi connectivity index (χ4n) is 2.49. The number of aliphatic hydroxyl groups excluding tert-OH is 1. The Morgan fingerprint density at radius 3 is 2.63 bits per heavy atom. The maximum atomic E-state index is 9.72. The van der Waals surface area contributed by atoms with Crippen molar-refractivity contribution in [3.63, 3.8) is 0 Å². The normalized spacial score (nSPS) is 18.3. The van der Waals surface area contributed by atoms with Crippen molar-refractivity contribution in [3.05, 3.63) is 0 Å². The molecule has 0 spiro atoms. The number of aliphatic hydroxyl groups is 1. The van der Waals surface area contributed by atoms with Crippen molar-refractivity contribution >= 4 is 0 Å². The minimum atomic E-state index is -0.414. The van der Waals surface area contributed by atoms with E-state index in [1.165, 1.54) is 32.1 Å². The van der Waals surface area contributed by atoms with Crippen molar-refractivity contribution < 1.29 is 14.6 Å². The predicted molar refractivity (Wildman–Crippen MR) is 77.4 cm³/mol. The van der Waals surface area contributed by atoms with Gasteiger partial charge in [0.05, 0.1) is 32.0 Å². The summed E-state index contributed by atoms with van der Waals surface area (Å²) in [4.78, 5) is 0. The summed E-state index contributed by atoms with van der Waals surface area (Å²) in [6.45, 7) is 7.18. The van der Waals surface area contributed by atoms with Crippen LogP contribution in [0.2, 0.25) is 0 Å². The summed E-state index contributed by atoms with van der Waals surface area (Å²) >= 11 is 0. The van der Waals surface area contributed by atoms with Gasteiger partial charge in [0.15, 0.2) is 0 Å². The molecule has 1 aliphatic rings. The highest BCUT2D eigenvalue weighted by atomic mass is 16.5. The molecule has 0 amide bonds. The summed E-state index contributed by atoms with van der Waals surface area (Å²) in [5, 5.41) is 13.0. The van der Waals surface area contributed by atoms with E-state index in [9.17, 15) is 5.11 Å². The molecule has 0 aliphatic heterocycles. The van der Waals surface area contributed by atoms with Gasteiger partial charge in [0.1, 0.15) is 0 Å². The second kappa shape index (κ2) is 10.6. The first-order valence-electron chi connectivity index (χ1n) is 7.76. The SMILES string of the molecule is CC(C)OCCOCC(O)CNCCC1CCCC1. The third-order valence-electron chi connectivity index (χ3n) is 3.57. The van der Waals surface area contributed by atoms with Crippen molar-refractivity contribution in [1.82, 2.24) is 5.32 Å². The lowest BCUT2D eigenvalue weighted by molar-refractivity contribution is -0.00996. The summed E-state index contributed by atoms with van der Waals surface area (Å²) in [6.07, 6.45) is 6.66. The molecule has 0 saturated heterocycles. The Kier molecular flexibility index (Phi) is 9.43. The molecule has 0 aromatic rings.